The second-order valence-corrected chi connectivity index (χ2v) is 4.61. The van der Waals surface area contributed by atoms with Gasteiger partial charge in [-0.3, -0.25) is 0 Å². The highest BCUT2D eigenvalue weighted by molar-refractivity contribution is 5.13. The number of benzene rings is 1. The van der Waals surface area contributed by atoms with E-state index in [2.05, 4.69) is 24.1 Å². The van der Waals surface area contributed by atoms with Crippen LogP contribution in [-0.2, 0) is 16.1 Å². The first-order valence-corrected chi connectivity index (χ1v) is 6.26. The minimum absolute atomic E-state index is 0.491. The lowest BCUT2D eigenvalue weighted by molar-refractivity contribution is 0.110. The van der Waals surface area contributed by atoms with Crippen molar-refractivity contribution in [1.29, 1.82) is 0 Å². The molecule has 0 aromatic heterocycles. The van der Waals surface area contributed by atoms with Crippen molar-refractivity contribution in [3.05, 3.63) is 35.9 Å². The second-order valence-electron chi connectivity index (χ2n) is 4.61. The molecule has 1 atom stereocenters. The van der Waals surface area contributed by atoms with Crippen LogP contribution in [0.5, 0.6) is 0 Å². The third-order valence-corrected chi connectivity index (χ3v) is 2.86. The average Bonchev–Trinajstić information content (AvgIpc) is 3.14. The molecule has 3 heteroatoms. The number of nitrogens with zero attached hydrogens (tertiary/aromatic N) is 1. The van der Waals surface area contributed by atoms with Crippen LogP contribution in [0.2, 0.25) is 0 Å². The zero-order valence-corrected chi connectivity index (χ0v) is 10.5. The Labute approximate surface area is 103 Å². The van der Waals surface area contributed by atoms with E-state index >= 15 is 0 Å². The van der Waals surface area contributed by atoms with Gasteiger partial charge >= 0.3 is 0 Å². The van der Waals surface area contributed by atoms with Crippen LogP contribution in [-0.4, -0.2) is 44.4 Å². The fraction of sp³-hybridized carbons (Fsp3) is 0.571. The van der Waals surface area contributed by atoms with Gasteiger partial charge in [-0.15, -0.1) is 0 Å². The molecule has 0 aliphatic carbocycles. The van der Waals surface area contributed by atoms with Gasteiger partial charge in [0.15, 0.2) is 0 Å². The predicted molar refractivity (Wildman–Crippen MR) is 68.0 cm³/mol. The van der Waals surface area contributed by atoms with E-state index in [1.165, 1.54) is 5.56 Å². The molecule has 0 saturated carbocycles. The SMILES string of the molecule is CN(CCCOCc1ccccc1)C[C@@H]1CO1. The highest BCUT2D eigenvalue weighted by Gasteiger charge is 2.23. The lowest BCUT2D eigenvalue weighted by Crippen LogP contribution is -2.25. The highest BCUT2D eigenvalue weighted by atomic mass is 16.6. The van der Waals surface area contributed by atoms with Gasteiger partial charge in [0.05, 0.1) is 19.3 Å². The maximum absolute atomic E-state index is 5.63. The van der Waals surface area contributed by atoms with Gasteiger partial charge in [-0.2, -0.15) is 0 Å². The Morgan fingerprint density at radius 2 is 2.12 bits per heavy atom. The minimum Gasteiger partial charge on any atom is -0.377 e. The molecule has 1 aromatic rings. The molecule has 0 bridgehead atoms. The summed E-state index contributed by atoms with van der Waals surface area (Å²) in [4.78, 5) is 2.31. The van der Waals surface area contributed by atoms with Crippen molar-refractivity contribution in [2.75, 3.05) is 33.4 Å². The van der Waals surface area contributed by atoms with E-state index < -0.39 is 0 Å². The molecular weight excluding hydrogens is 214 g/mol. The normalized spacial score (nSPS) is 18.6. The molecule has 1 aliphatic heterocycles. The van der Waals surface area contributed by atoms with Crippen molar-refractivity contribution in [3.8, 4) is 0 Å². The Morgan fingerprint density at radius 1 is 1.35 bits per heavy atom. The summed E-state index contributed by atoms with van der Waals surface area (Å²) in [5.74, 6) is 0. The van der Waals surface area contributed by atoms with Gasteiger partial charge in [-0.1, -0.05) is 30.3 Å². The van der Waals surface area contributed by atoms with Crippen LogP contribution in [0.1, 0.15) is 12.0 Å². The van der Waals surface area contributed by atoms with E-state index in [9.17, 15) is 0 Å². The topological polar surface area (TPSA) is 25.0 Å². The summed E-state index contributed by atoms with van der Waals surface area (Å²) < 4.78 is 10.8. The van der Waals surface area contributed by atoms with Gasteiger partial charge in [0.2, 0.25) is 0 Å². The van der Waals surface area contributed by atoms with Gasteiger partial charge in [-0.25, -0.2) is 0 Å². The molecule has 1 aromatic carbocycles. The maximum atomic E-state index is 5.63. The molecule has 0 radical (unpaired) electrons. The molecule has 3 nitrogen and oxygen atoms in total. The summed E-state index contributed by atoms with van der Waals surface area (Å²) in [5, 5.41) is 0. The molecule has 1 aliphatic rings. The molecule has 2 rings (SSSR count). The van der Waals surface area contributed by atoms with Crippen molar-refractivity contribution < 1.29 is 9.47 Å². The van der Waals surface area contributed by atoms with E-state index in [0.717, 1.165) is 39.3 Å². The molecular formula is C14H21NO2. The van der Waals surface area contributed by atoms with Crippen LogP contribution < -0.4 is 0 Å². The summed E-state index contributed by atoms with van der Waals surface area (Å²) in [5.41, 5.74) is 1.24. The van der Waals surface area contributed by atoms with Gasteiger partial charge < -0.3 is 14.4 Å². The van der Waals surface area contributed by atoms with E-state index in [1.807, 2.05) is 18.2 Å². The van der Waals surface area contributed by atoms with Crippen LogP contribution in [0.4, 0.5) is 0 Å². The molecule has 94 valence electrons. The Bertz CT molecular complexity index is 311. The highest BCUT2D eigenvalue weighted by Crippen LogP contribution is 2.09. The van der Waals surface area contributed by atoms with E-state index in [-0.39, 0.29) is 0 Å². The van der Waals surface area contributed by atoms with E-state index in [1.54, 1.807) is 0 Å². The van der Waals surface area contributed by atoms with Crippen LogP contribution >= 0.6 is 0 Å². The lowest BCUT2D eigenvalue weighted by Gasteiger charge is -2.14. The zero-order valence-electron chi connectivity index (χ0n) is 10.5. The zero-order chi connectivity index (χ0) is 11.9. The number of epoxide rings is 1. The summed E-state index contributed by atoms with van der Waals surface area (Å²) >= 11 is 0. The van der Waals surface area contributed by atoms with E-state index in [0.29, 0.717) is 6.10 Å². The first-order chi connectivity index (χ1) is 8.34. The number of hydrogen-bond acceptors (Lipinski definition) is 3. The van der Waals surface area contributed by atoms with Crippen molar-refractivity contribution >= 4 is 0 Å². The predicted octanol–water partition coefficient (Wildman–Crippen LogP) is 1.92. The fourth-order valence-corrected chi connectivity index (χ4v) is 1.81. The van der Waals surface area contributed by atoms with Crippen LogP contribution in [0.3, 0.4) is 0 Å². The van der Waals surface area contributed by atoms with Crippen molar-refractivity contribution in [1.82, 2.24) is 4.90 Å². The summed E-state index contributed by atoms with van der Waals surface area (Å²) in [6, 6.07) is 10.3. The first-order valence-electron chi connectivity index (χ1n) is 6.26. The third kappa shape index (κ3) is 5.31. The summed E-state index contributed by atoms with van der Waals surface area (Å²) in [6.45, 7) is 4.61. The molecule has 0 unspecified atom stereocenters. The van der Waals surface area contributed by atoms with Crippen molar-refractivity contribution in [3.63, 3.8) is 0 Å². The van der Waals surface area contributed by atoms with Gasteiger partial charge in [0.25, 0.3) is 0 Å². The molecule has 17 heavy (non-hydrogen) atoms. The smallest absolute Gasteiger partial charge is 0.0936 e. The molecule has 1 fully saturated rings. The molecule has 0 amide bonds. The van der Waals surface area contributed by atoms with Gasteiger partial charge in [-0.05, 0) is 19.0 Å². The lowest BCUT2D eigenvalue weighted by atomic mass is 10.2. The van der Waals surface area contributed by atoms with Crippen molar-refractivity contribution in [2.45, 2.75) is 19.1 Å². The van der Waals surface area contributed by atoms with Crippen LogP contribution in [0, 0.1) is 0 Å². The number of ether oxygens (including phenoxy) is 2. The Balaban J connectivity index is 1.48. The van der Waals surface area contributed by atoms with Crippen molar-refractivity contribution in [2.24, 2.45) is 0 Å². The average molecular weight is 235 g/mol. The van der Waals surface area contributed by atoms with E-state index in [4.69, 9.17) is 9.47 Å². The van der Waals surface area contributed by atoms with Gasteiger partial charge in [0, 0.05) is 19.7 Å². The molecule has 0 N–H and O–H groups in total. The molecule has 1 heterocycles. The molecule has 1 saturated heterocycles. The minimum atomic E-state index is 0.491. The van der Waals surface area contributed by atoms with Crippen LogP contribution in [0.15, 0.2) is 30.3 Å². The number of hydrogen-bond donors (Lipinski definition) is 0. The quantitative estimate of drug-likeness (QED) is 0.508. The second kappa shape index (κ2) is 6.74. The monoisotopic (exact) mass is 235 g/mol. The van der Waals surface area contributed by atoms with Gasteiger partial charge in [0.1, 0.15) is 0 Å². The molecule has 0 spiro atoms. The Hall–Kier alpha value is -0.900. The first kappa shape index (κ1) is 12.6. The summed E-state index contributed by atoms with van der Waals surface area (Å²) in [7, 11) is 2.14. The number of rotatable bonds is 8. The fourth-order valence-electron chi connectivity index (χ4n) is 1.81. The largest absolute Gasteiger partial charge is 0.377 e. The van der Waals surface area contributed by atoms with Crippen LogP contribution in [0.25, 0.3) is 0 Å². The Kier molecular flexibility index (Phi) is 4.98. The summed E-state index contributed by atoms with van der Waals surface area (Å²) in [6.07, 6.45) is 1.57. The third-order valence-electron chi connectivity index (χ3n) is 2.86. The maximum Gasteiger partial charge on any atom is 0.0936 e. The standard InChI is InChI=1S/C14H21NO2/c1-15(10-14-12-17-14)8-5-9-16-11-13-6-3-2-4-7-13/h2-4,6-7,14H,5,8-12H2,1H3/t14-/m1/s1. The Morgan fingerprint density at radius 3 is 2.82 bits per heavy atom. The number of likely N-dealkylation sites (N-methyl/N-ethyl adjacent to an activating group) is 1.